The molecule has 0 heterocycles. The first-order valence-corrected chi connectivity index (χ1v) is 11.7. The lowest BCUT2D eigenvalue weighted by atomic mass is 10.1. The molecule has 1 atom stereocenters. The third-order valence-electron chi connectivity index (χ3n) is 4.54. The molecule has 2 amide bonds. The van der Waals surface area contributed by atoms with Crippen molar-refractivity contribution in [1.29, 1.82) is 0 Å². The summed E-state index contributed by atoms with van der Waals surface area (Å²) in [6.45, 7) is 0.940. The van der Waals surface area contributed by atoms with Gasteiger partial charge in [0, 0.05) is 13.6 Å². The number of hydrogen-bond donors (Lipinski definition) is 1. The lowest BCUT2D eigenvalue weighted by Gasteiger charge is -2.31. The summed E-state index contributed by atoms with van der Waals surface area (Å²) in [6, 6.07) is 8.59. The Bertz CT molecular complexity index is 1060. The van der Waals surface area contributed by atoms with E-state index >= 15 is 0 Å². The van der Waals surface area contributed by atoms with Crippen molar-refractivity contribution in [3.63, 3.8) is 0 Å². The number of carbonyl (C=O) groups is 2. The van der Waals surface area contributed by atoms with E-state index in [9.17, 15) is 22.4 Å². The van der Waals surface area contributed by atoms with Crippen LogP contribution in [0.1, 0.15) is 12.5 Å². The normalized spacial score (nSPS) is 12.2. The second kappa shape index (κ2) is 10.3. The molecule has 0 bridgehead atoms. The van der Waals surface area contributed by atoms with Crippen LogP contribution in [0.5, 0.6) is 0 Å². The summed E-state index contributed by atoms with van der Waals surface area (Å²) in [4.78, 5) is 26.6. The Morgan fingerprint density at radius 2 is 1.71 bits per heavy atom. The van der Waals surface area contributed by atoms with Crippen molar-refractivity contribution < 1.29 is 22.4 Å². The van der Waals surface area contributed by atoms with Gasteiger partial charge in [0.25, 0.3) is 0 Å². The number of likely N-dealkylation sites (N-methyl/N-ethyl adjacent to an activating group) is 1. The molecule has 2 rings (SSSR count). The average Bonchev–Trinajstić information content (AvgIpc) is 2.71. The van der Waals surface area contributed by atoms with E-state index in [1.54, 1.807) is 18.2 Å². The van der Waals surface area contributed by atoms with Crippen molar-refractivity contribution in [2.75, 3.05) is 24.2 Å². The zero-order valence-corrected chi connectivity index (χ0v) is 19.4. The van der Waals surface area contributed by atoms with Crippen LogP contribution in [0.2, 0.25) is 10.0 Å². The molecule has 0 spiro atoms. The minimum Gasteiger partial charge on any atom is -0.357 e. The second-order valence-corrected chi connectivity index (χ2v) is 9.53. The van der Waals surface area contributed by atoms with Gasteiger partial charge in [0.2, 0.25) is 21.8 Å². The summed E-state index contributed by atoms with van der Waals surface area (Å²) in [6.07, 6.45) is 0.940. The van der Waals surface area contributed by atoms with Crippen LogP contribution in [0.15, 0.2) is 42.5 Å². The summed E-state index contributed by atoms with van der Waals surface area (Å²) in [5, 5.41) is 3.09. The number of rotatable bonds is 8. The van der Waals surface area contributed by atoms with Crippen molar-refractivity contribution in [1.82, 2.24) is 10.2 Å². The van der Waals surface area contributed by atoms with Crippen LogP contribution in [-0.2, 0) is 26.2 Å². The van der Waals surface area contributed by atoms with Gasteiger partial charge in [-0.05, 0) is 48.9 Å². The van der Waals surface area contributed by atoms with E-state index in [1.807, 2.05) is 0 Å². The van der Waals surface area contributed by atoms with Crippen molar-refractivity contribution in [2.24, 2.45) is 0 Å². The third kappa shape index (κ3) is 6.56. The van der Waals surface area contributed by atoms with Crippen LogP contribution in [0.3, 0.4) is 0 Å². The smallest absolute Gasteiger partial charge is 0.244 e. The number of benzene rings is 2. The molecule has 0 radical (unpaired) electrons. The Morgan fingerprint density at radius 1 is 1.10 bits per heavy atom. The van der Waals surface area contributed by atoms with E-state index in [2.05, 4.69) is 5.32 Å². The largest absolute Gasteiger partial charge is 0.357 e. The Morgan fingerprint density at radius 3 is 2.23 bits per heavy atom. The Kier molecular flexibility index (Phi) is 8.27. The minimum absolute atomic E-state index is 0.00860. The van der Waals surface area contributed by atoms with Crippen LogP contribution in [0, 0.1) is 5.82 Å². The molecule has 7 nitrogen and oxygen atoms in total. The quantitative estimate of drug-likeness (QED) is 0.617. The highest BCUT2D eigenvalue weighted by Gasteiger charge is 2.29. The van der Waals surface area contributed by atoms with E-state index in [4.69, 9.17) is 23.2 Å². The first kappa shape index (κ1) is 24.9. The number of halogens is 3. The fraction of sp³-hybridized carbons (Fsp3) is 0.300. The van der Waals surface area contributed by atoms with Crippen LogP contribution >= 0.6 is 23.2 Å². The third-order valence-corrected chi connectivity index (χ3v) is 6.42. The molecule has 2 aromatic carbocycles. The van der Waals surface area contributed by atoms with Gasteiger partial charge in [-0.15, -0.1) is 0 Å². The molecule has 168 valence electrons. The maximum Gasteiger partial charge on any atom is 0.244 e. The standard InChI is InChI=1S/C20H22Cl2FN3O4S/c1-13(20(28)24-2)25(11-14-4-9-17(21)18(22)10-14)19(27)12-26(31(3,29)30)16-7-5-15(23)6-8-16/h4-10,13H,11-12H2,1-3H3,(H,24,28)/t13-/m0/s1. The van der Waals surface area contributed by atoms with E-state index in [0.29, 0.717) is 10.6 Å². The molecular weight excluding hydrogens is 468 g/mol. The highest BCUT2D eigenvalue weighted by atomic mass is 35.5. The summed E-state index contributed by atoms with van der Waals surface area (Å²) in [7, 11) is -2.44. The molecule has 0 saturated heterocycles. The molecule has 31 heavy (non-hydrogen) atoms. The zero-order chi connectivity index (χ0) is 23.3. The lowest BCUT2D eigenvalue weighted by molar-refractivity contribution is -0.139. The van der Waals surface area contributed by atoms with Gasteiger partial charge in [-0.25, -0.2) is 12.8 Å². The highest BCUT2D eigenvalue weighted by Crippen LogP contribution is 2.24. The highest BCUT2D eigenvalue weighted by molar-refractivity contribution is 7.92. The number of amides is 2. The number of hydrogen-bond acceptors (Lipinski definition) is 4. The molecular formula is C20H22Cl2FN3O4S. The van der Waals surface area contributed by atoms with Crippen molar-refractivity contribution in [3.05, 3.63) is 63.9 Å². The number of anilines is 1. The topological polar surface area (TPSA) is 86.8 Å². The van der Waals surface area contributed by atoms with Crippen LogP contribution in [0.25, 0.3) is 0 Å². The number of nitrogens with zero attached hydrogens (tertiary/aromatic N) is 2. The summed E-state index contributed by atoms with van der Waals surface area (Å²) in [5.41, 5.74) is 0.727. The molecule has 0 fully saturated rings. The minimum atomic E-state index is -3.87. The molecule has 0 aliphatic heterocycles. The predicted molar refractivity (Wildman–Crippen MR) is 119 cm³/mol. The second-order valence-electron chi connectivity index (χ2n) is 6.81. The SMILES string of the molecule is CNC(=O)[C@H](C)N(Cc1ccc(Cl)c(Cl)c1)C(=O)CN(c1ccc(F)cc1)S(C)(=O)=O. The van der Waals surface area contributed by atoms with Gasteiger partial charge in [-0.2, -0.15) is 0 Å². The van der Waals surface area contributed by atoms with Gasteiger partial charge >= 0.3 is 0 Å². The number of nitrogens with one attached hydrogen (secondary N) is 1. The van der Waals surface area contributed by atoms with Gasteiger partial charge in [-0.3, -0.25) is 13.9 Å². The molecule has 0 aliphatic rings. The van der Waals surface area contributed by atoms with Gasteiger partial charge in [-0.1, -0.05) is 29.3 Å². The first-order chi connectivity index (χ1) is 14.4. The van der Waals surface area contributed by atoms with E-state index in [-0.39, 0.29) is 17.3 Å². The molecule has 0 aromatic heterocycles. The number of carbonyl (C=O) groups excluding carboxylic acids is 2. The lowest BCUT2D eigenvalue weighted by Crippen LogP contribution is -2.50. The Labute approximate surface area is 190 Å². The maximum absolute atomic E-state index is 13.3. The average molecular weight is 490 g/mol. The van der Waals surface area contributed by atoms with Gasteiger partial charge in [0.15, 0.2) is 0 Å². The number of sulfonamides is 1. The van der Waals surface area contributed by atoms with Crippen molar-refractivity contribution in [3.8, 4) is 0 Å². The van der Waals surface area contributed by atoms with Gasteiger partial charge in [0.1, 0.15) is 18.4 Å². The maximum atomic E-state index is 13.3. The summed E-state index contributed by atoms with van der Waals surface area (Å²) in [5.74, 6) is -1.60. The van der Waals surface area contributed by atoms with E-state index < -0.39 is 40.2 Å². The van der Waals surface area contributed by atoms with Crippen LogP contribution in [-0.4, -0.2) is 51.0 Å². The van der Waals surface area contributed by atoms with Gasteiger partial charge in [0.05, 0.1) is 22.0 Å². The van der Waals surface area contributed by atoms with Crippen LogP contribution < -0.4 is 9.62 Å². The predicted octanol–water partition coefficient (Wildman–Crippen LogP) is 3.06. The fourth-order valence-corrected chi connectivity index (χ4v) is 4.02. The van der Waals surface area contributed by atoms with E-state index in [0.717, 1.165) is 22.7 Å². The van der Waals surface area contributed by atoms with E-state index in [1.165, 1.54) is 31.0 Å². The molecule has 0 saturated carbocycles. The molecule has 1 N–H and O–H groups in total. The Hall–Kier alpha value is -2.36. The van der Waals surface area contributed by atoms with Crippen molar-refractivity contribution in [2.45, 2.75) is 19.5 Å². The molecule has 2 aromatic rings. The summed E-state index contributed by atoms with van der Waals surface area (Å²) < 4.78 is 38.8. The van der Waals surface area contributed by atoms with Crippen molar-refractivity contribution >= 4 is 50.7 Å². The molecule has 0 unspecified atom stereocenters. The first-order valence-electron chi connectivity index (χ1n) is 9.12. The fourth-order valence-electron chi connectivity index (χ4n) is 2.85. The monoisotopic (exact) mass is 489 g/mol. The summed E-state index contributed by atoms with van der Waals surface area (Å²) >= 11 is 12.0. The van der Waals surface area contributed by atoms with Gasteiger partial charge < -0.3 is 10.2 Å². The molecule has 0 aliphatic carbocycles. The molecule has 11 heteroatoms. The zero-order valence-electron chi connectivity index (χ0n) is 17.1. The van der Waals surface area contributed by atoms with Crippen LogP contribution in [0.4, 0.5) is 10.1 Å². The Balaban J connectivity index is 2.38.